The molecule has 1 aromatic carbocycles. The predicted octanol–water partition coefficient (Wildman–Crippen LogP) is 3.21. The van der Waals surface area contributed by atoms with Gasteiger partial charge in [-0.3, -0.25) is 9.78 Å². The van der Waals surface area contributed by atoms with Crippen LogP contribution in [0.3, 0.4) is 0 Å². The van der Waals surface area contributed by atoms with E-state index in [1.165, 1.54) is 0 Å². The molecular formula is C17H16N2O. The van der Waals surface area contributed by atoms with Crippen molar-refractivity contribution < 1.29 is 4.79 Å². The van der Waals surface area contributed by atoms with Crippen molar-refractivity contribution in [2.24, 2.45) is 0 Å². The van der Waals surface area contributed by atoms with Crippen LogP contribution in [0.5, 0.6) is 0 Å². The van der Waals surface area contributed by atoms with E-state index in [1.807, 2.05) is 24.3 Å². The zero-order chi connectivity index (χ0) is 14.4. The minimum atomic E-state index is -0.107. The van der Waals surface area contributed by atoms with Crippen LogP contribution in [0.15, 0.2) is 68.0 Å². The van der Waals surface area contributed by atoms with Crippen molar-refractivity contribution in [1.82, 2.24) is 10.3 Å². The van der Waals surface area contributed by atoms with Crippen molar-refractivity contribution in [2.45, 2.75) is 6.54 Å². The van der Waals surface area contributed by atoms with E-state index < -0.39 is 0 Å². The van der Waals surface area contributed by atoms with E-state index in [-0.39, 0.29) is 5.91 Å². The highest BCUT2D eigenvalue weighted by Gasteiger charge is 2.05. The van der Waals surface area contributed by atoms with Crippen LogP contribution in [0.1, 0.15) is 21.5 Å². The SMILES string of the molecule is C=CC(=C)c1ccc(C(=O)NCc2cccnc2)cc1. The standard InChI is InChI=1S/C17H16N2O/c1-3-13(2)15-6-8-16(9-7-15)17(20)19-12-14-5-4-10-18-11-14/h3-11H,1-2,12H2,(H,19,20). The number of hydrogen-bond acceptors (Lipinski definition) is 2. The van der Waals surface area contributed by atoms with Gasteiger partial charge in [0.25, 0.3) is 5.91 Å². The number of allylic oxidation sites excluding steroid dienone is 2. The molecule has 0 spiro atoms. The Morgan fingerprint density at radius 1 is 1.20 bits per heavy atom. The molecular weight excluding hydrogens is 248 g/mol. The monoisotopic (exact) mass is 264 g/mol. The number of rotatable bonds is 5. The van der Waals surface area contributed by atoms with Crippen LogP contribution in [0, 0.1) is 0 Å². The van der Waals surface area contributed by atoms with Crippen LogP contribution in [-0.2, 0) is 6.54 Å². The molecule has 0 unspecified atom stereocenters. The Labute approximate surface area is 118 Å². The van der Waals surface area contributed by atoms with Gasteiger partial charge in [-0.15, -0.1) is 0 Å². The van der Waals surface area contributed by atoms with Crippen LogP contribution in [-0.4, -0.2) is 10.9 Å². The zero-order valence-corrected chi connectivity index (χ0v) is 11.2. The summed E-state index contributed by atoms with van der Waals surface area (Å²) in [5.74, 6) is -0.107. The summed E-state index contributed by atoms with van der Waals surface area (Å²) in [6, 6.07) is 11.1. The summed E-state index contributed by atoms with van der Waals surface area (Å²) in [7, 11) is 0. The summed E-state index contributed by atoms with van der Waals surface area (Å²) >= 11 is 0. The van der Waals surface area contributed by atoms with Crippen LogP contribution < -0.4 is 5.32 Å². The number of nitrogens with one attached hydrogen (secondary N) is 1. The topological polar surface area (TPSA) is 42.0 Å². The number of amides is 1. The first-order valence-corrected chi connectivity index (χ1v) is 6.29. The van der Waals surface area contributed by atoms with Gasteiger partial charge in [-0.25, -0.2) is 0 Å². The Morgan fingerprint density at radius 3 is 2.50 bits per heavy atom. The first-order chi connectivity index (χ1) is 9.70. The van der Waals surface area contributed by atoms with Gasteiger partial charge in [-0.2, -0.15) is 0 Å². The molecule has 2 rings (SSSR count). The van der Waals surface area contributed by atoms with E-state index in [1.54, 1.807) is 30.6 Å². The molecule has 100 valence electrons. The minimum absolute atomic E-state index is 0.107. The Hall–Kier alpha value is -2.68. The summed E-state index contributed by atoms with van der Waals surface area (Å²) in [4.78, 5) is 16.0. The van der Waals surface area contributed by atoms with Gasteiger partial charge >= 0.3 is 0 Å². The largest absolute Gasteiger partial charge is 0.348 e. The highest BCUT2D eigenvalue weighted by atomic mass is 16.1. The molecule has 1 heterocycles. The normalized spacial score (nSPS) is 9.80. The van der Waals surface area contributed by atoms with E-state index in [0.29, 0.717) is 12.1 Å². The van der Waals surface area contributed by atoms with Gasteiger partial charge in [-0.05, 0) is 34.9 Å². The Bertz CT molecular complexity index is 615. The Morgan fingerprint density at radius 2 is 1.90 bits per heavy atom. The van der Waals surface area contributed by atoms with Crippen LogP contribution in [0.25, 0.3) is 5.57 Å². The molecule has 1 N–H and O–H groups in total. The number of aromatic nitrogens is 1. The third kappa shape index (κ3) is 3.42. The van der Waals surface area contributed by atoms with Gasteiger partial charge in [0.2, 0.25) is 0 Å². The average molecular weight is 264 g/mol. The maximum Gasteiger partial charge on any atom is 0.251 e. The third-order valence-corrected chi connectivity index (χ3v) is 2.94. The second-order valence-electron chi connectivity index (χ2n) is 4.35. The van der Waals surface area contributed by atoms with Crippen molar-refractivity contribution in [3.8, 4) is 0 Å². The molecule has 0 saturated carbocycles. The van der Waals surface area contributed by atoms with Gasteiger partial charge < -0.3 is 5.32 Å². The highest BCUT2D eigenvalue weighted by Crippen LogP contribution is 2.14. The van der Waals surface area contributed by atoms with Crippen LogP contribution in [0.2, 0.25) is 0 Å². The van der Waals surface area contributed by atoms with E-state index >= 15 is 0 Å². The molecule has 20 heavy (non-hydrogen) atoms. The smallest absolute Gasteiger partial charge is 0.251 e. The number of benzene rings is 1. The molecule has 0 fully saturated rings. The second kappa shape index (κ2) is 6.48. The molecule has 2 aromatic rings. The number of carbonyl (C=O) groups is 1. The lowest BCUT2D eigenvalue weighted by Crippen LogP contribution is -2.22. The number of hydrogen-bond donors (Lipinski definition) is 1. The summed E-state index contributed by atoms with van der Waals surface area (Å²) in [5, 5.41) is 2.86. The van der Waals surface area contributed by atoms with E-state index in [0.717, 1.165) is 16.7 Å². The molecule has 0 aliphatic carbocycles. The molecule has 3 heteroatoms. The fraction of sp³-hybridized carbons (Fsp3) is 0.0588. The molecule has 1 aromatic heterocycles. The van der Waals surface area contributed by atoms with Gasteiger partial charge in [0, 0.05) is 24.5 Å². The molecule has 0 radical (unpaired) electrons. The number of pyridine rings is 1. The summed E-state index contributed by atoms with van der Waals surface area (Å²) in [6.45, 7) is 8.01. The van der Waals surface area contributed by atoms with E-state index in [4.69, 9.17) is 0 Å². The molecule has 0 aliphatic rings. The van der Waals surface area contributed by atoms with E-state index in [2.05, 4.69) is 23.5 Å². The van der Waals surface area contributed by atoms with E-state index in [9.17, 15) is 4.79 Å². The maximum absolute atomic E-state index is 12.0. The maximum atomic E-state index is 12.0. The first-order valence-electron chi connectivity index (χ1n) is 6.29. The number of carbonyl (C=O) groups excluding carboxylic acids is 1. The van der Waals surface area contributed by atoms with Gasteiger partial charge in [-0.1, -0.05) is 37.4 Å². The average Bonchev–Trinajstić information content (AvgIpc) is 2.53. The Kier molecular flexibility index (Phi) is 4.45. The Balaban J connectivity index is 1.99. The van der Waals surface area contributed by atoms with Crippen LogP contribution >= 0.6 is 0 Å². The third-order valence-electron chi connectivity index (χ3n) is 2.94. The summed E-state index contributed by atoms with van der Waals surface area (Å²) in [6.07, 6.45) is 5.13. The van der Waals surface area contributed by atoms with Gasteiger partial charge in [0.05, 0.1) is 0 Å². The molecule has 1 amide bonds. The second-order valence-corrected chi connectivity index (χ2v) is 4.35. The number of nitrogens with zero attached hydrogens (tertiary/aromatic N) is 1. The van der Waals surface area contributed by atoms with Crippen molar-refractivity contribution in [3.63, 3.8) is 0 Å². The summed E-state index contributed by atoms with van der Waals surface area (Å²) < 4.78 is 0. The van der Waals surface area contributed by atoms with Gasteiger partial charge in [0.1, 0.15) is 0 Å². The quantitative estimate of drug-likeness (QED) is 0.842. The molecule has 0 saturated heterocycles. The molecule has 3 nitrogen and oxygen atoms in total. The van der Waals surface area contributed by atoms with Crippen molar-refractivity contribution in [2.75, 3.05) is 0 Å². The highest BCUT2D eigenvalue weighted by molar-refractivity contribution is 5.94. The fourth-order valence-electron chi connectivity index (χ4n) is 1.74. The first kappa shape index (κ1) is 13.7. The molecule has 0 aliphatic heterocycles. The predicted molar refractivity (Wildman–Crippen MR) is 81.1 cm³/mol. The zero-order valence-electron chi connectivity index (χ0n) is 11.2. The minimum Gasteiger partial charge on any atom is -0.348 e. The fourth-order valence-corrected chi connectivity index (χ4v) is 1.74. The van der Waals surface area contributed by atoms with Gasteiger partial charge in [0.15, 0.2) is 0 Å². The lowest BCUT2D eigenvalue weighted by Gasteiger charge is -2.06. The lowest BCUT2D eigenvalue weighted by molar-refractivity contribution is 0.0951. The van der Waals surface area contributed by atoms with Crippen LogP contribution in [0.4, 0.5) is 0 Å². The molecule has 0 bridgehead atoms. The lowest BCUT2D eigenvalue weighted by atomic mass is 10.1. The van der Waals surface area contributed by atoms with Crippen molar-refractivity contribution >= 4 is 11.5 Å². The van der Waals surface area contributed by atoms with Crippen molar-refractivity contribution in [3.05, 3.63) is 84.7 Å². The van der Waals surface area contributed by atoms with Crippen molar-refractivity contribution in [1.29, 1.82) is 0 Å². The summed E-state index contributed by atoms with van der Waals surface area (Å²) in [5.41, 5.74) is 3.39. The molecule has 0 atom stereocenters.